The minimum atomic E-state index is -0.180. The van der Waals surface area contributed by atoms with Crippen LogP contribution in [0.1, 0.15) is 28.8 Å². The Bertz CT molecular complexity index is 823. The summed E-state index contributed by atoms with van der Waals surface area (Å²) in [6.07, 6.45) is 1.50. The number of nitrogens with one attached hydrogen (secondary N) is 1. The molecule has 24 heavy (non-hydrogen) atoms. The second-order valence-electron chi connectivity index (χ2n) is 5.73. The summed E-state index contributed by atoms with van der Waals surface area (Å²) < 4.78 is 0.800. The van der Waals surface area contributed by atoms with Crippen molar-refractivity contribution in [1.29, 1.82) is 0 Å². The van der Waals surface area contributed by atoms with Crippen LogP contribution in [0, 0.1) is 10.5 Å². The van der Waals surface area contributed by atoms with Gasteiger partial charge in [-0.25, -0.2) is 0 Å². The zero-order valence-electron chi connectivity index (χ0n) is 13.1. The van der Waals surface area contributed by atoms with Crippen molar-refractivity contribution < 1.29 is 9.59 Å². The molecule has 1 fully saturated rings. The lowest BCUT2D eigenvalue weighted by atomic mass is 10.1. The second-order valence-corrected chi connectivity index (χ2v) is 7.33. The van der Waals surface area contributed by atoms with E-state index in [1.165, 1.54) is 0 Å². The quantitative estimate of drug-likeness (QED) is 0.688. The molecule has 0 unspecified atom stereocenters. The van der Waals surface area contributed by atoms with E-state index in [0.717, 1.165) is 27.8 Å². The summed E-state index contributed by atoms with van der Waals surface area (Å²) in [5.74, 6) is -0.0222. The lowest BCUT2D eigenvalue weighted by Gasteiger charge is -2.19. The van der Waals surface area contributed by atoms with Crippen LogP contribution in [0.25, 0.3) is 0 Å². The van der Waals surface area contributed by atoms with Gasteiger partial charge in [0, 0.05) is 32.9 Å². The van der Waals surface area contributed by atoms with Crippen molar-refractivity contribution >= 4 is 57.4 Å². The Morgan fingerprint density at radius 3 is 2.67 bits per heavy atom. The van der Waals surface area contributed by atoms with E-state index < -0.39 is 0 Å². The summed E-state index contributed by atoms with van der Waals surface area (Å²) in [6, 6.07) is 10.8. The summed E-state index contributed by atoms with van der Waals surface area (Å²) in [7, 11) is 0. The Morgan fingerprint density at radius 1 is 1.25 bits per heavy atom. The third-order valence-corrected chi connectivity index (χ3v) is 5.12. The number of anilines is 2. The Hall–Kier alpha value is -1.60. The maximum atomic E-state index is 12.4. The number of carbonyl (C=O) groups excluding carboxylic acids is 2. The third kappa shape index (κ3) is 3.57. The van der Waals surface area contributed by atoms with Gasteiger partial charge in [0.25, 0.3) is 5.91 Å². The number of carbonyl (C=O) groups is 2. The van der Waals surface area contributed by atoms with Crippen LogP contribution in [-0.2, 0) is 4.79 Å². The first kappa shape index (κ1) is 17.2. The summed E-state index contributed by atoms with van der Waals surface area (Å²) in [5, 5.41) is 3.50. The van der Waals surface area contributed by atoms with Crippen LogP contribution in [0.2, 0.25) is 5.02 Å². The van der Waals surface area contributed by atoms with Crippen molar-refractivity contribution in [3.63, 3.8) is 0 Å². The van der Waals surface area contributed by atoms with Crippen molar-refractivity contribution in [2.24, 2.45) is 0 Å². The molecule has 1 saturated heterocycles. The predicted octanol–water partition coefficient (Wildman–Crippen LogP) is 4.63. The number of nitrogens with zero attached hydrogens (tertiary/aromatic N) is 1. The van der Waals surface area contributed by atoms with Gasteiger partial charge in [-0.1, -0.05) is 11.6 Å². The molecule has 3 rings (SSSR count). The minimum absolute atomic E-state index is 0.158. The van der Waals surface area contributed by atoms with Crippen LogP contribution < -0.4 is 10.2 Å². The molecule has 0 aromatic heterocycles. The number of benzene rings is 2. The molecule has 1 heterocycles. The molecule has 1 aliphatic heterocycles. The molecule has 0 atom stereocenters. The average Bonchev–Trinajstić information content (AvgIpc) is 2.93. The molecule has 0 saturated carbocycles. The molecule has 1 N–H and O–H groups in total. The van der Waals surface area contributed by atoms with Crippen molar-refractivity contribution in [2.75, 3.05) is 16.8 Å². The van der Waals surface area contributed by atoms with Crippen molar-refractivity contribution in [2.45, 2.75) is 19.8 Å². The Morgan fingerprint density at radius 2 is 2.04 bits per heavy atom. The number of rotatable bonds is 3. The van der Waals surface area contributed by atoms with E-state index in [1.807, 2.05) is 30.0 Å². The fraction of sp³-hybridized carbons (Fsp3) is 0.222. The molecular formula is C18H16ClIN2O2. The predicted molar refractivity (Wildman–Crippen MR) is 105 cm³/mol. The maximum absolute atomic E-state index is 12.4. The lowest BCUT2D eigenvalue weighted by molar-refractivity contribution is -0.117. The first-order valence-corrected chi connectivity index (χ1v) is 9.09. The normalized spacial score (nSPS) is 14.1. The third-order valence-electron chi connectivity index (χ3n) is 3.99. The largest absolute Gasteiger partial charge is 0.322 e. The van der Waals surface area contributed by atoms with Crippen molar-refractivity contribution in [1.82, 2.24) is 0 Å². The van der Waals surface area contributed by atoms with E-state index in [4.69, 9.17) is 11.6 Å². The maximum Gasteiger partial charge on any atom is 0.256 e. The molecule has 2 amide bonds. The highest BCUT2D eigenvalue weighted by Gasteiger charge is 2.23. The number of amides is 2. The van der Waals surface area contributed by atoms with Crippen LogP contribution >= 0.6 is 34.2 Å². The van der Waals surface area contributed by atoms with E-state index in [2.05, 4.69) is 27.9 Å². The minimum Gasteiger partial charge on any atom is -0.322 e. The van der Waals surface area contributed by atoms with Gasteiger partial charge in [-0.15, -0.1) is 0 Å². The Labute approximate surface area is 159 Å². The van der Waals surface area contributed by atoms with Crippen LogP contribution in [-0.4, -0.2) is 18.4 Å². The zero-order valence-corrected chi connectivity index (χ0v) is 16.0. The van der Waals surface area contributed by atoms with Crippen LogP contribution in [0.3, 0.4) is 0 Å². The van der Waals surface area contributed by atoms with Crippen LogP contribution in [0.5, 0.6) is 0 Å². The zero-order chi connectivity index (χ0) is 17.3. The van der Waals surface area contributed by atoms with Gasteiger partial charge in [0.1, 0.15) is 0 Å². The van der Waals surface area contributed by atoms with Gasteiger partial charge < -0.3 is 10.2 Å². The van der Waals surface area contributed by atoms with E-state index in [-0.39, 0.29) is 11.8 Å². The molecule has 1 aliphatic rings. The van der Waals surface area contributed by atoms with Gasteiger partial charge in [0.15, 0.2) is 0 Å². The van der Waals surface area contributed by atoms with Gasteiger partial charge in [0.05, 0.1) is 5.56 Å². The van der Waals surface area contributed by atoms with Gasteiger partial charge in [-0.05, 0) is 77.9 Å². The topological polar surface area (TPSA) is 49.4 Å². The number of halogens is 2. The SMILES string of the molecule is Cc1cc(NC(=O)c2ccc(Cl)cc2I)ccc1N1CCCC1=O. The smallest absolute Gasteiger partial charge is 0.256 e. The Balaban J connectivity index is 1.79. The van der Waals surface area contributed by atoms with E-state index >= 15 is 0 Å². The molecule has 0 spiro atoms. The van der Waals surface area contributed by atoms with Gasteiger partial charge in [-0.3, -0.25) is 9.59 Å². The van der Waals surface area contributed by atoms with Crippen molar-refractivity contribution in [3.05, 3.63) is 56.1 Å². The molecule has 0 radical (unpaired) electrons. The lowest BCUT2D eigenvalue weighted by Crippen LogP contribution is -2.24. The van der Waals surface area contributed by atoms with E-state index in [1.54, 1.807) is 18.2 Å². The highest BCUT2D eigenvalue weighted by molar-refractivity contribution is 14.1. The summed E-state index contributed by atoms with van der Waals surface area (Å²) in [6.45, 7) is 2.71. The molecular weight excluding hydrogens is 439 g/mol. The number of hydrogen-bond acceptors (Lipinski definition) is 2. The summed E-state index contributed by atoms with van der Waals surface area (Å²) in [4.78, 5) is 26.1. The molecule has 0 aliphatic carbocycles. The fourth-order valence-electron chi connectivity index (χ4n) is 2.81. The van der Waals surface area contributed by atoms with E-state index in [9.17, 15) is 9.59 Å². The van der Waals surface area contributed by atoms with Crippen molar-refractivity contribution in [3.8, 4) is 0 Å². The van der Waals surface area contributed by atoms with Gasteiger partial charge in [0.2, 0.25) is 5.91 Å². The number of aryl methyl sites for hydroxylation is 1. The van der Waals surface area contributed by atoms with Crippen LogP contribution in [0.15, 0.2) is 36.4 Å². The molecule has 6 heteroatoms. The standard InChI is InChI=1S/C18H16ClIN2O2/c1-11-9-13(5-7-16(11)22-8-2-3-17(22)23)21-18(24)14-6-4-12(19)10-15(14)20/h4-7,9-10H,2-3,8H2,1H3,(H,21,24). The average molecular weight is 455 g/mol. The number of hydrogen-bond donors (Lipinski definition) is 1. The highest BCUT2D eigenvalue weighted by Crippen LogP contribution is 2.28. The highest BCUT2D eigenvalue weighted by atomic mass is 127. The van der Waals surface area contributed by atoms with Crippen LogP contribution in [0.4, 0.5) is 11.4 Å². The Kier molecular flexibility index (Phi) is 5.10. The fourth-order valence-corrected chi connectivity index (χ4v) is 3.93. The second kappa shape index (κ2) is 7.11. The monoisotopic (exact) mass is 454 g/mol. The molecule has 4 nitrogen and oxygen atoms in total. The van der Waals surface area contributed by atoms with Gasteiger partial charge in [-0.2, -0.15) is 0 Å². The van der Waals surface area contributed by atoms with E-state index in [0.29, 0.717) is 22.7 Å². The summed E-state index contributed by atoms with van der Waals surface area (Å²) >= 11 is 8.02. The molecule has 0 bridgehead atoms. The molecule has 2 aromatic carbocycles. The first-order valence-electron chi connectivity index (χ1n) is 7.63. The summed E-state index contributed by atoms with van der Waals surface area (Å²) in [5.41, 5.74) is 3.17. The van der Waals surface area contributed by atoms with Gasteiger partial charge >= 0.3 is 0 Å². The first-order chi connectivity index (χ1) is 11.5. The molecule has 124 valence electrons. The molecule has 2 aromatic rings.